The minimum atomic E-state index is -0.134. The van der Waals surface area contributed by atoms with Crippen LogP contribution in [0.2, 0.25) is 0 Å². The standard InChI is InChI=1S/C8H9N3O2/c1-11-5-9-3-8(11)7-2-6(4-12)13-10-7/h2-3,5,12H,4H2,1H3. The zero-order chi connectivity index (χ0) is 9.26. The first-order valence-corrected chi connectivity index (χ1v) is 3.84. The highest BCUT2D eigenvalue weighted by atomic mass is 16.5. The van der Waals surface area contributed by atoms with Crippen LogP contribution in [-0.4, -0.2) is 19.8 Å². The molecule has 2 aromatic heterocycles. The largest absolute Gasteiger partial charge is 0.388 e. The van der Waals surface area contributed by atoms with Crippen LogP contribution >= 0.6 is 0 Å². The van der Waals surface area contributed by atoms with Gasteiger partial charge in [-0.3, -0.25) is 0 Å². The Morgan fingerprint density at radius 1 is 1.62 bits per heavy atom. The molecular formula is C8H9N3O2. The van der Waals surface area contributed by atoms with Crippen LogP contribution in [0, 0.1) is 0 Å². The number of aromatic nitrogens is 3. The Morgan fingerprint density at radius 2 is 2.46 bits per heavy atom. The van der Waals surface area contributed by atoms with Gasteiger partial charge in [-0.2, -0.15) is 0 Å². The van der Waals surface area contributed by atoms with Gasteiger partial charge >= 0.3 is 0 Å². The molecule has 0 amide bonds. The first kappa shape index (κ1) is 8.00. The van der Waals surface area contributed by atoms with Crippen LogP contribution in [0.1, 0.15) is 5.76 Å². The number of rotatable bonds is 2. The Hall–Kier alpha value is -1.62. The Kier molecular flexibility index (Phi) is 1.86. The Morgan fingerprint density at radius 3 is 3.00 bits per heavy atom. The van der Waals surface area contributed by atoms with Gasteiger partial charge in [-0.05, 0) is 0 Å². The average molecular weight is 179 g/mol. The third-order valence-corrected chi connectivity index (χ3v) is 1.79. The second kappa shape index (κ2) is 3.02. The molecule has 0 spiro atoms. The van der Waals surface area contributed by atoms with Gasteiger partial charge in [0.05, 0.1) is 18.2 Å². The minimum Gasteiger partial charge on any atom is -0.388 e. The quantitative estimate of drug-likeness (QED) is 0.731. The SMILES string of the molecule is Cn1cncc1-c1cc(CO)on1. The van der Waals surface area contributed by atoms with Gasteiger partial charge in [-0.25, -0.2) is 4.98 Å². The summed E-state index contributed by atoms with van der Waals surface area (Å²) in [5.74, 6) is 0.455. The molecule has 5 nitrogen and oxygen atoms in total. The molecule has 0 saturated carbocycles. The summed E-state index contributed by atoms with van der Waals surface area (Å²) in [6, 6.07) is 1.69. The summed E-state index contributed by atoms with van der Waals surface area (Å²) in [6.07, 6.45) is 3.38. The van der Waals surface area contributed by atoms with Crippen LogP contribution in [0.25, 0.3) is 11.4 Å². The predicted molar refractivity (Wildman–Crippen MR) is 44.6 cm³/mol. The summed E-state index contributed by atoms with van der Waals surface area (Å²) < 4.78 is 6.68. The Balaban J connectivity index is 2.41. The number of imidazole rings is 1. The predicted octanol–water partition coefficient (Wildman–Crippen LogP) is 0.567. The molecule has 5 heteroatoms. The third kappa shape index (κ3) is 1.33. The first-order chi connectivity index (χ1) is 6.31. The molecular weight excluding hydrogens is 170 g/mol. The first-order valence-electron chi connectivity index (χ1n) is 3.84. The van der Waals surface area contributed by atoms with Gasteiger partial charge in [0.15, 0.2) is 5.76 Å². The van der Waals surface area contributed by atoms with E-state index in [0.29, 0.717) is 11.5 Å². The molecule has 2 heterocycles. The lowest BCUT2D eigenvalue weighted by molar-refractivity contribution is 0.229. The minimum absolute atomic E-state index is 0.134. The Bertz CT molecular complexity index is 405. The molecule has 2 rings (SSSR count). The number of hydrogen-bond donors (Lipinski definition) is 1. The van der Waals surface area contributed by atoms with Gasteiger partial charge in [0.2, 0.25) is 0 Å². The summed E-state index contributed by atoms with van der Waals surface area (Å²) in [6.45, 7) is -0.134. The number of nitrogens with zero attached hydrogens (tertiary/aromatic N) is 3. The van der Waals surface area contributed by atoms with E-state index in [-0.39, 0.29) is 6.61 Å². The van der Waals surface area contributed by atoms with E-state index < -0.39 is 0 Å². The van der Waals surface area contributed by atoms with Crippen LogP contribution < -0.4 is 0 Å². The third-order valence-electron chi connectivity index (χ3n) is 1.79. The lowest BCUT2D eigenvalue weighted by Gasteiger charge is -1.93. The van der Waals surface area contributed by atoms with Crippen molar-refractivity contribution in [3.63, 3.8) is 0 Å². The highest BCUT2D eigenvalue weighted by Gasteiger charge is 2.08. The number of hydrogen-bond acceptors (Lipinski definition) is 4. The maximum Gasteiger partial charge on any atom is 0.162 e. The normalized spacial score (nSPS) is 10.6. The lowest BCUT2D eigenvalue weighted by atomic mass is 10.3. The molecule has 0 bridgehead atoms. The lowest BCUT2D eigenvalue weighted by Crippen LogP contribution is -1.88. The van der Waals surface area contributed by atoms with E-state index in [9.17, 15) is 0 Å². The van der Waals surface area contributed by atoms with Crippen molar-refractivity contribution in [2.24, 2.45) is 7.05 Å². The van der Waals surface area contributed by atoms with E-state index in [1.54, 1.807) is 18.6 Å². The van der Waals surface area contributed by atoms with Crippen molar-refractivity contribution in [1.29, 1.82) is 0 Å². The van der Waals surface area contributed by atoms with Crippen molar-refractivity contribution in [3.8, 4) is 11.4 Å². The monoisotopic (exact) mass is 179 g/mol. The van der Waals surface area contributed by atoms with Crippen molar-refractivity contribution >= 4 is 0 Å². The van der Waals surface area contributed by atoms with Crippen molar-refractivity contribution in [3.05, 3.63) is 24.4 Å². The summed E-state index contributed by atoms with van der Waals surface area (Å²) >= 11 is 0. The smallest absolute Gasteiger partial charge is 0.162 e. The van der Waals surface area contributed by atoms with E-state index in [1.807, 2.05) is 11.6 Å². The molecule has 0 aliphatic carbocycles. The average Bonchev–Trinajstić information content (AvgIpc) is 2.71. The molecule has 2 aromatic rings. The molecule has 0 unspecified atom stereocenters. The van der Waals surface area contributed by atoms with E-state index in [2.05, 4.69) is 10.1 Å². The molecule has 13 heavy (non-hydrogen) atoms. The van der Waals surface area contributed by atoms with Crippen LogP contribution in [-0.2, 0) is 13.7 Å². The van der Waals surface area contributed by atoms with Crippen molar-refractivity contribution < 1.29 is 9.63 Å². The number of aliphatic hydroxyl groups excluding tert-OH is 1. The topological polar surface area (TPSA) is 64.1 Å². The summed E-state index contributed by atoms with van der Waals surface area (Å²) in [7, 11) is 1.87. The number of aryl methyl sites for hydroxylation is 1. The molecule has 0 radical (unpaired) electrons. The molecule has 68 valence electrons. The maximum atomic E-state index is 8.76. The van der Waals surface area contributed by atoms with Gasteiger partial charge in [0, 0.05) is 13.1 Å². The van der Waals surface area contributed by atoms with Gasteiger partial charge in [0.1, 0.15) is 12.3 Å². The molecule has 0 aliphatic heterocycles. The molecule has 0 atom stereocenters. The van der Waals surface area contributed by atoms with Crippen molar-refractivity contribution in [1.82, 2.24) is 14.7 Å². The second-order valence-corrected chi connectivity index (χ2v) is 2.73. The fraction of sp³-hybridized carbons (Fsp3) is 0.250. The Labute approximate surface area is 74.6 Å². The van der Waals surface area contributed by atoms with Gasteiger partial charge in [-0.1, -0.05) is 5.16 Å². The molecule has 1 N–H and O–H groups in total. The van der Waals surface area contributed by atoms with E-state index in [0.717, 1.165) is 5.69 Å². The van der Waals surface area contributed by atoms with E-state index in [1.165, 1.54) is 0 Å². The fourth-order valence-electron chi connectivity index (χ4n) is 1.11. The number of aliphatic hydroxyl groups is 1. The van der Waals surface area contributed by atoms with Crippen molar-refractivity contribution in [2.75, 3.05) is 0 Å². The second-order valence-electron chi connectivity index (χ2n) is 2.73. The van der Waals surface area contributed by atoms with E-state index in [4.69, 9.17) is 9.63 Å². The molecule has 0 saturated heterocycles. The molecule has 0 aromatic carbocycles. The van der Waals surface area contributed by atoms with Gasteiger partial charge in [-0.15, -0.1) is 0 Å². The van der Waals surface area contributed by atoms with Crippen LogP contribution in [0.4, 0.5) is 0 Å². The maximum absolute atomic E-state index is 8.76. The fourth-order valence-corrected chi connectivity index (χ4v) is 1.11. The highest BCUT2D eigenvalue weighted by Crippen LogP contribution is 2.17. The van der Waals surface area contributed by atoms with Crippen molar-refractivity contribution in [2.45, 2.75) is 6.61 Å². The highest BCUT2D eigenvalue weighted by molar-refractivity contribution is 5.52. The molecule has 0 fully saturated rings. The summed E-state index contributed by atoms with van der Waals surface area (Å²) in [5, 5.41) is 12.6. The van der Waals surface area contributed by atoms with Gasteiger partial charge < -0.3 is 14.2 Å². The van der Waals surface area contributed by atoms with Crippen LogP contribution in [0.5, 0.6) is 0 Å². The zero-order valence-electron chi connectivity index (χ0n) is 7.14. The molecule has 0 aliphatic rings. The van der Waals surface area contributed by atoms with Crippen LogP contribution in [0.15, 0.2) is 23.1 Å². The zero-order valence-corrected chi connectivity index (χ0v) is 7.14. The summed E-state index contributed by atoms with van der Waals surface area (Å²) in [4.78, 5) is 3.95. The summed E-state index contributed by atoms with van der Waals surface area (Å²) in [5.41, 5.74) is 1.55. The van der Waals surface area contributed by atoms with Gasteiger partial charge in [0.25, 0.3) is 0 Å². The van der Waals surface area contributed by atoms with E-state index >= 15 is 0 Å². The van der Waals surface area contributed by atoms with Crippen LogP contribution in [0.3, 0.4) is 0 Å².